The van der Waals surface area contributed by atoms with Crippen molar-refractivity contribution in [3.63, 3.8) is 0 Å². The molecule has 9 heteroatoms. The summed E-state index contributed by atoms with van der Waals surface area (Å²) in [7, 11) is -3.84. The van der Waals surface area contributed by atoms with Crippen LogP contribution in [0.4, 0.5) is 5.69 Å². The molecule has 152 valence electrons. The molecule has 1 N–H and O–H groups in total. The number of non-ortho nitro benzene ring substituents is 1. The summed E-state index contributed by atoms with van der Waals surface area (Å²) < 4.78 is 33.8. The molecule has 2 rings (SSSR count). The van der Waals surface area contributed by atoms with Gasteiger partial charge in [-0.2, -0.15) is 0 Å². The lowest BCUT2D eigenvalue weighted by Gasteiger charge is -2.38. The predicted octanol–water partition coefficient (Wildman–Crippen LogP) is 2.32. The number of nitrogens with zero attached hydrogens (tertiary/aromatic N) is 2. The van der Waals surface area contributed by atoms with Crippen LogP contribution in [-0.4, -0.2) is 57.1 Å². The van der Waals surface area contributed by atoms with Crippen molar-refractivity contribution in [1.29, 1.82) is 0 Å². The molecule has 27 heavy (non-hydrogen) atoms. The average molecular weight is 400 g/mol. The molecule has 0 aliphatic carbocycles. The molecule has 1 atom stereocenters. The average Bonchev–Trinajstić information content (AvgIpc) is 2.65. The Balaban J connectivity index is 2.21. The minimum Gasteiger partial charge on any atom is -0.379 e. The van der Waals surface area contributed by atoms with Gasteiger partial charge in [-0.15, -0.1) is 0 Å². The van der Waals surface area contributed by atoms with Crippen LogP contribution in [0, 0.1) is 23.0 Å². The minimum absolute atomic E-state index is 0.0398. The molecule has 1 saturated heterocycles. The quantitative estimate of drug-likeness (QED) is 0.505. The van der Waals surface area contributed by atoms with Crippen molar-refractivity contribution in [1.82, 2.24) is 9.62 Å². The smallest absolute Gasteiger partial charge is 0.270 e. The van der Waals surface area contributed by atoms with Crippen LogP contribution in [0.3, 0.4) is 0 Å². The van der Waals surface area contributed by atoms with Crippen molar-refractivity contribution < 1.29 is 18.1 Å². The number of hydrogen-bond acceptors (Lipinski definition) is 6. The maximum Gasteiger partial charge on any atom is 0.270 e. The van der Waals surface area contributed by atoms with E-state index in [0.717, 1.165) is 32.0 Å². The molecule has 1 aromatic carbocycles. The highest BCUT2D eigenvalue weighted by atomic mass is 32.2. The summed E-state index contributed by atoms with van der Waals surface area (Å²) in [6.07, 6.45) is 1.91. The number of sulfonamides is 1. The minimum atomic E-state index is -3.84. The third-order valence-electron chi connectivity index (χ3n) is 5.26. The van der Waals surface area contributed by atoms with Crippen LogP contribution < -0.4 is 4.72 Å². The van der Waals surface area contributed by atoms with Crippen molar-refractivity contribution >= 4 is 15.7 Å². The van der Waals surface area contributed by atoms with E-state index in [4.69, 9.17) is 4.74 Å². The van der Waals surface area contributed by atoms with Crippen LogP contribution in [-0.2, 0) is 14.8 Å². The maximum absolute atomic E-state index is 12.8. The summed E-state index contributed by atoms with van der Waals surface area (Å²) in [4.78, 5) is 12.7. The van der Waals surface area contributed by atoms with Crippen LogP contribution in [0.2, 0.25) is 0 Å². The third-order valence-corrected chi connectivity index (χ3v) is 6.83. The van der Waals surface area contributed by atoms with Gasteiger partial charge in [-0.05, 0) is 18.4 Å². The van der Waals surface area contributed by atoms with Crippen LogP contribution in [0.5, 0.6) is 0 Å². The summed E-state index contributed by atoms with van der Waals surface area (Å²) in [5.74, 6) is 0.358. The number of ether oxygens (including phenoxy) is 1. The first-order valence-electron chi connectivity index (χ1n) is 9.36. The van der Waals surface area contributed by atoms with E-state index >= 15 is 0 Å². The molecule has 0 amide bonds. The Morgan fingerprint density at radius 2 is 1.89 bits per heavy atom. The van der Waals surface area contributed by atoms with Gasteiger partial charge in [0.05, 0.1) is 23.0 Å². The van der Waals surface area contributed by atoms with Crippen molar-refractivity contribution in [2.75, 3.05) is 32.8 Å². The number of benzene rings is 1. The zero-order chi connectivity index (χ0) is 20.0. The number of nitrogens with one attached hydrogen (secondary N) is 1. The monoisotopic (exact) mass is 399 g/mol. The normalized spacial score (nSPS) is 17.2. The van der Waals surface area contributed by atoms with Gasteiger partial charge in [0, 0.05) is 37.8 Å². The number of rotatable bonds is 9. The zero-order valence-electron chi connectivity index (χ0n) is 16.2. The van der Waals surface area contributed by atoms with Crippen molar-refractivity contribution in [2.24, 2.45) is 5.92 Å². The lowest BCUT2D eigenvalue weighted by atomic mass is 9.92. The summed E-state index contributed by atoms with van der Waals surface area (Å²) in [6, 6.07) is 3.97. The Morgan fingerprint density at radius 1 is 1.26 bits per heavy atom. The predicted molar refractivity (Wildman–Crippen MR) is 103 cm³/mol. The zero-order valence-corrected chi connectivity index (χ0v) is 17.0. The van der Waals surface area contributed by atoms with Gasteiger partial charge in [-0.25, -0.2) is 13.1 Å². The summed E-state index contributed by atoms with van der Waals surface area (Å²) in [5, 5.41) is 11.0. The fraction of sp³-hybridized carbons (Fsp3) is 0.667. The lowest BCUT2D eigenvalue weighted by Crippen LogP contribution is -2.52. The Labute approximate surface area is 161 Å². The molecule has 1 aromatic rings. The Morgan fingerprint density at radius 3 is 2.44 bits per heavy atom. The van der Waals surface area contributed by atoms with E-state index in [0.29, 0.717) is 24.7 Å². The topological polar surface area (TPSA) is 102 Å². The number of nitro benzene ring substituents is 1. The van der Waals surface area contributed by atoms with Crippen molar-refractivity contribution in [3.05, 3.63) is 33.9 Å². The number of aryl methyl sites for hydroxylation is 1. The molecule has 1 fully saturated rings. The molecule has 0 bridgehead atoms. The van der Waals surface area contributed by atoms with E-state index in [1.54, 1.807) is 6.92 Å². The number of nitro groups is 1. The first-order chi connectivity index (χ1) is 12.8. The van der Waals surface area contributed by atoms with Gasteiger partial charge in [0.1, 0.15) is 0 Å². The Hall–Kier alpha value is -1.55. The first-order valence-corrected chi connectivity index (χ1v) is 10.8. The van der Waals surface area contributed by atoms with Gasteiger partial charge < -0.3 is 4.74 Å². The molecule has 1 aliphatic rings. The molecule has 0 spiro atoms. The summed E-state index contributed by atoms with van der Waals surface area (Å²) in [5.41, 5.74) is 0.254. The molecular formula is C18H29N3O5S. The van der Waals surface area contributed by atoms with Crippen LogP contribution in [0.25, 0.3) is 0 Å². The second kappa shape index (κ2) is 9.59. The van der Waals surface area contributed by atoms with Gasteiger partial charge in [0.15, 0.2) is 0 Å². The third kappa shape index (κ3) is 5.47. The van der Waals surface area contributed by atoms with E-state index in [-0.39, 0.29) is 23.2 Å². The number of morpholine rings is 1. The largest absolute Gasteiger partial charge is 0.379 e. The van der Waals surface area contributed by atoms with E-state index in [9.17, 15) is 18.5 Å². The highest BCUT2D eigenvalue weighted by Crippen LogP contribution is 2.23. The van der Waals surface area contributed by atoms with Crippen molar-refractivity contribution in [2.45, 2.75) is 44.6 Å². The molecular weight excluding hydrogens is 370 g/mol. The van der Waals surface area contributed by atoms with Gasteiger partial charge in [-0.1, -0.05) is 32.8 Å². The Kier molecular flexibility index (Phi) is 7.72. The molecule has 0 saturated carbocycles. The van der Waals surface area contributed by atoms with Crippen LogP contribution in [0.15, 0.2) is 23.1 Å². The molecule has 0 unspecified atom stereocenters. The van der Waals surface area contributed by atoms with Crippen LogP contribution >= 0.6 is 0 Å². The van der Waals surface area contributed by atoms with Gasteiger partial charge >= 0.3 is 0 Å². The number of hydrogen-bond donors (Lipinski definition) is 1. The van der Waals surface area contributed by atoms with Gasteiger partial charge in [0.2, 0.25) is 10.0 Å². The molecule has 8 nitrogen and oxygen atoms in total. The molecule has 1 aliphatic heterocycles. The standard InChI is InChI=1S/C18H29N3O5S/c1-4-15(5-2)17(20-8-10-26-11-9-20)13-19-27(24,25)18-12-16(21(22)23)7-6-14(18)3/h6-7,12,15,17,19H,4-5,8-11,13H2,1-3H3/t17-/m0/s1. The fourth-order valence-electron chi connectivity index (χ4n) is 3.60. The van der Waals surface area contributed by atoms with E-state index in [1.165, 1.54) is 12.1 Å². The highest BCUT2D eigenvalue weighted by Gasteiger charge is 2.29. The SMILES string of the molecule is CCC(CC)[C@H](CNS(=O)(=O)c1cc([N+](=O)[O-])ccc1C)N1CCOCC1. The molecule has 1 heterocycles. The van der Waals surface area contributed by atoms with Crippen molar-refractivity contribution in [3.8, 4) is 0 Å². The summed E-state index contributed by atoms with van der Waals surface area (Å²) >= 11 is 0. The highest BCUT2D eigenvalue weighted by molar-refractivity contribution is 7.89. The van der Waals surface area contributed by atoms with Gasteiger partial charge in [0.25, 0.3) is 5.69 Å². The lowest BCUT2D eigenvalue weighted by molar-refractivity contribution is -0.385. The molecule has 0 radical (unpaired) electrons. The van der Waals surface area contributed by atoms with Gasteiger partial charge in [-0.3, -0.25) is 15.0 Å². The van der Waals surface area contributed by atoms with E-state index in [1.807, 2.05) is 0 Å². The van der Waals surface area contributed by atoms with E-state index < -0.39 is 14.9 Å². The fourth-order valence-corrected chi connectivity index (χ4v) is 4.91. The summed E-state index contributed by atoms with van der Waals surface area (Å²) in [6.45, 7) is 8.98. The van der Waals surface area contributed by atoms with E-state index in [2.05, 4.69) is 23.5 Å². The molecule has 0 aromatic heterocycles. The maximum atomic E-state index is 12.8. The second-order valence-electron chi connectivity index (χ2n) is 6.85. The van der Waals surface area contributed by atoms with Crippen LogP contribution in [0.1, 0.15) is 32.3 Å². The first kappa shape index (κ1) is 21.7. The second-order valence-corrected chi connectivity index (χ2v) is 8.59. The Bertz CT molecular complexity index is 743.